The minimum Gasteiger partial charge on any atom is -0.330 e. The van der Waals surface area contributed by atoms with E-state index < -0.39 is 34.8 Å². The van der Waals surface area contributed by atoms with Gasteiger partial charge >= 0.3 is 0 Å². The molecule has 0 bridgehead atoms. The molecule has 1 aliphatic rings. The minimum atomic E-state index is -3.12. The Hall–Kier alpha value is -1.57. The van der Waals surface area contributed by atoms with Crippen molar-refractivity contribution in [1.82, 2.24) is 9.88 Å². The van der Waals surface area contributed by atoms with Crippen molar-refractivity contribution in [1.29, 1.82) is 0 Å². The Morgan fingerprint density at radius 3 is 2.26 bits per heavy atom. The van der Waals surface area contributed by atoms with Gasteiger partial charge in [-0.05, 0) is 38.8 Å². The fourth-order valence-corrected chi connectivity index (χ4v) is 4.33. The number of nitrogens with zero attached hydrogens (tertiary/aromatic N) is 2. The molecule has 8 heteroatoms. The van der Waals surface area contributed by atoms with Crippen molar-refractivity contribution in [2.45, 2.75) is 39.2 Å². The molecule has 23 heavy (non-hydrogen) atoms. The summed E-state index contributed by atoms with van der Waals surface area (Å²) in [7, 11) is -3.12. The number of pyridine rings is 1. The van der Waals surface area contributed by atoms with Gasteiger partial charge in [0, 0.05) is 23.0 Å². The van der Waals surface area contributed by atoms with Crippen LogP contribution in [0.15, 0.2) is 12.1 Å². The molecule has 0 N–H and O–H groups in total. The van der Waals surface area contributed by atoms with Crippen LogP contribution in [0.2, 0.25) is 0 Å². The fraction of sp³-hybridized carbons (Fsp3) is 0.600. The molecule has 1 amide bonds. The number of hydrogen-bond acceptors (Lipinski definition) is 4. The first-order chi connectivity index (χ1) is 10.7. The molecule has 0 atom stereocenters. The molecular weight excluding hydrogens is 326 g/mol. The van der Waals surface area contributed by atoms with Gasteiger partial charge in [0.25, 0.3) is 12.3 Å². The van der Waals surface area contributed by atoms with Crippen LogP contribution in [0.4, 0.5) is 8.78 Å². The summed E-state index contributed by atoms with van der Waals surface area (Å²) in [5.74, 6) is -0.638. The second kappa shape index (κ2) is 6.90. The number of hydrogen-bond donors (Lipinski definition) is 0. The summed E-state index contributed by atoms with van der Waals surface area (Å²) in [5, 5.41) is 0. The standard InChI is InChI=1S/C15H20F2N2O3S/c1-10-7-12(8-11(2)18-10)15(20)19(9-14(16)17)13-3-5-23(21,22)6-4-13/h7-8,13-14H,3-6,9H2,1-2H3. The van der Waals surface area contributed by atoms with Gasteiger partial charge in [-0.2, -0.15) is 0 Å². The number of sulfone groups is 1. The van der Waals surface area contributed by atoms with Gasteiger partial charge in [-0.3, -0.25) is 9.78 Å². The summed E-state index contributed by atoms with van der Waals surface area (Å²) in [4.78, 5) is 17.9. The first kappa shape index (κ1) is 17.8. The van der Waals surface area contributed by atoms with E-state index in [4.69, 9.17) is 0 Å². The van der Waals surface area contributed by atoms with Gasteiger partial charge < -0.3 is 4.90 Å². The third-order valence-electron chi connectivity index (χ3n) is 3.89. The van der Waals surface area contributed by atoms with E-state index in [0.717, 1.165) is 4.90 Å². The molecule has 5 nitrogen and oxygen atoms in total. The van der Waals surface area contributed by atoms with E-state index in [0.29, 0.717) is 17.0 Å². The molecule has 0 saturated carbocycles. The van der Waals surface area contributed by atoms with Crippen molar-refractivity contribution >= 4 is 15.7 Å². The highest BCUT2D eigenvalue weighted by Crippen LogP contribution is 2.22. The Morgan fingerprint density at radius 2 is 1.78 bits per heavy atom. The van der Waals surface area contributed by atoms with E-state index in [1.807, 2.05) is 0 Å². The predicted molar refractivity (Wildman–Crippen MR) is 82.4 cm³/mol. The van der Waals surface area contributed by atoms with Crippen molar-refractivity contribution in [2.75, 3.05) is 18.1 Å². The third-order valence-corrected chi connectivity index (χ3v) is 5.60. The number of carbonyl (C=O) groups excluding carboxylic acids is 1. The maximum atomic E-state index is 12.9. The van der Waals surface area contributed by atoms with Crippen LogP contribution in [0.25, 0.3) is 0 Å². The molecule has 0 unspecified atom stereocenters. The second-order valence-corrected chi connectivity index (χ2v) is 8.17. The van der Waals surface area contributed by atoms with Gasteiger partial charge in [0.1, 0.15) is 9.84 Å². The molecule has 0 aliphatic carbocycles. The molecule has 1 aromatic rings. The second-order valence-electron chi connectivity index (χ2n) is 5.87. The lowest BCUT2D eigenvalue weighted by Crippen LogP contribution is -2.46. The minimum absolute atomic E-state index is 0.0704. The highest BCUT2D eigenvalue weighted by Gasteiger charge is 2.32. The number of carbonyl (C=O) groups is 1. The van der Waals surface area contributed by atoms with Gasteiger partial charge in [-0.15, -0.1) is 0 Å². The monoisotopic (exact) mass is 346 g/mol. The van der Waals surface area contributed by atoms with Crippen LogP contribution < -0.4 is 0 Å². The van der Waals surface area contributed by atoms with Crippen molar-refractivity contribution in [2.24, 2.45) is 0 Å². The molecule has 128 valence electrons. The van der Waals surface area contributed by atoms with E-state index in [1.54, 1.807) is 26.0 Å². The quantitative estimate of drug-likeness (QED) is 0.836. The third kappa shape index (κ3) is 4.70. The zero-order valence-corrected chi connectivity index (χ0v) is 13.9. The van der Waals surface area contributed by atoms with Crippen LogP contribution in [0, 0.1) is 13.8 Å². The van der Waals surface area contributed by atoms with Crippen LogP contribution >= 0.6 is 0 Å². The smallest absolute Gasteiger partial charge is 0.255 e. The van der Waals surface area contributed by atoms with Gasteiger partial charge in [-0.25, -0.2) is 17.2 Å². The molecule has 2 rings (SSSR count). The molecule has 1 fully saturated rings. The molecule has 1 aromatic heterocycles. The first-order valence-corrected chi connectivity index (χ1v) is 9.25. The number of halogens is 2. The van der Waals surface area contributed by atoms with E-state index in [1.165, 1.54) is 0 Å². The van der Waals surface area contributed by atoms with Gasteiger partial charge in [0.15, 0.2) is 0 Å². The first-order valence-electron chi connectivity index (χ1n) is 7.43. The van der Waals surface area contributed by atoms with Crippen molar-refractivity contribution in [3.05, 3.63) is 29.1 Å². The largest absolute Gasteiger partial charge is 0.330 e. The summed E-state index contributed by atoms with van der Waals surface area (Å²) < 4.78 is 48.8. The lowest BCUT2D eigenvalue weighted by Gasteiger charge is -2.34. The summed E-state index contributed by atoms with van der Waals surface area (Å²) >= 11 is 0. The number of aromatic nitrogens is 1. The van der Waals surface area contributed by atoms with E-state index in [9.17, 15) is 22.0 Å². The highest BCUT2D eigenvalue weighted by atomic mass is 32.2. The molecular formula is C15H20F2N2O3S. The van der Waals surface area contributed by atoms with Crippen LogP contribution in [-0.4, -0.2) is 54.7 Å². The zero-order valence-electron chi connectivity index (χ0n) is 13.1. The average molecular weight is 346 g/mol. The Kier molecular flexibility index (Phi) is 5.33. The Balaban J connectivity index is 2.25. The van der Waals surface area contributed by atoms with Crippen LogP contribution in [0.3, 0.4) is 0 Å². The maximum Gasteiger partial charge on any atom is 0.255 e. The average Bonchev–Trinajstić information content (AvgIpc) is 2.43. The Bertz CT molecular complexity index is 658. The maximum absolute atomic E-state index is 12.9. The van der Waals surface area contributed by atoms with E-state index >= 15 is 0 Å². The topological polar surface area (TPSA) is 67.3 Å². The molecule has 2 heterocycles. The number of rotatable bonds is 4. The summed E-state index contributed by atoms with van der Waals surface area (Å²) in [6, 6.07) is 2.65. The summed E-state index contributed by atoms with van der Waals surface area (Å²) in [6.07, 6.45) is -2.27. The lowest BCUT2D eigenvalue weighted by molar-refractivity contribution is 0.0418. The van der Waals surface area contributed by atoms with Crippen molar-refractivity contribution < 1.29 is 22.0 Å². The Morgan fingerprint density at radius 1 is 1.26 bits per heavy atom. The zero-order chi connectivity index (χ0) is 17.2. The number of alkyl halides is 2. The van der Waals surface area contributed by atoms with Gasteiger partial charge in [0.2, 0.25) is 0 Å². The van der Waals surface area contributed by atoms with Gasteiger partial charge in [-0.1, -0.05) is 0 Å². The van der Waals surface area contributed by atoms with Crippen molar-refractivity contribution in [3.63, 3.8) is 0 Å². The molecule has 1 saturated heterocycles. The Labute approximate surface area is 134 Å². The van der Waals surface area contributed by atoms with Crippen molar-refractivity contribution in [3.8, 4) is 0 Å². The molecule has 0 spiro atoms. The number of amides is 1. The molecule has 0 radical (unpaired) electrons. The van der Waals surface area contributed by atoms with Crippen LogP contribution in [0.1, 0.15) is 34.6 Å². The normalized spacial score (nSPS) is 18.1. The van der Waals surface area contributed by atoms with E-state index in [2.05, 4.69) is 4.98 Å². The summed E-state index contributed by atoms with van der Waals surface area (Å²) in [6.45, 7) is 2.77. The number of aryl methyl sites for hydroxylation is 2. The van der Waals surface area contributed by atoms with Crippen LogP contribution in [-0.2, 0) is 9.84 Å². The fourth-order valence-electron chi connectivity index (χ4n) is 2.86. The SMILES string of the molecule is Cc1cc(C(=O)N(CC(F)F)C2CCS(=O)(=O)CC2)cc(C)n1. The molecule has 0 aromatic carbocycles. The van der Waals surface area contributed by atoms with E-state index in [-0.39, 0.29) is 24.3 Å². The predicted octanol–water partition coefficient (Wildman–Crippen LogP) is 1.98. The molecule has 1 aliphatic heterocycles. The summed E-state index contributed by atoms with van der Waals surface area (Å²) in [5.41, 5.74) is 1.58. The lowest BCUT2D eigenvalue weighted by atomic mass is 10.1. The van der Waals surface area contributed by atoms with Crippen LogP contribution in [0.5, 0.6) is 0 Å². The van der Waals surface area contributed by atoms with Gasteiger partial charge in [0.05, 0.1) is 18.1 Å². The highest BCUT2D eigenvalue weighted by molar-refractivity contribution is 7.91.